The molecule has 0 aliphatic heterocycles. The zero-order valence-electron chi connectivity index (χ0n) is 8.82. The first-order chi connectivity index (χ1) is 7.61. The maximum atomic E-state index is 11.5. The lowest BCUT2D eigenvalue weighted by Gasteiger charge is -2.03. The van der Waals surface area contributed by atoms with Gasteiger partial charge < -0.3 is 16.8 Å². The van der Waals surface area contributed by atoms with Crippen molar-refractivity contribution in [3.8, 4) is 0 Å². The smallest absolute Gasteiger partial charge is 0.256 e. The van der Waals surface area contributed by atoms with Crippen LogP contribution in [-0.4, -0.2) is 28.6 Å². The van der Waals surface area contributed by atoms with E-state index in [-0.39, 0.29) is 17.6 Å². The summed E-state index contributed by atoms with van der Waals surface area (Å²) in [7, 11) is 0. The summed E-state index contributed by atoms with van der Waals surface area (Å²) in [4.78, 5) is 21.9. The highest BCUT2D eigenvalue weighted by atomic mass is 16.2. The van der Waals surface area contributed by atoms with Crippen LogP contribution in [0.1, 0.15) is 29.6 Å². The van der Waals surface area contributed by atoms with Crippen molar-refractivity contribution >= 4 is 17.6 Å². The zero-order valence-corrected chi connectivity index (χ0v) is 8.82. The lowest BCUT2D eigenvalue weighted by molar-refractivity contribution is -0.118. The number of primary amides is 1. The molecule has 0 spiro atoms. The van der Waals surface area contributed by atoms with Gasteiger partial charge in [0.25, 0.3) is 5.91 Å². The van der Waals surface area contributed by atoms with Gasteiger partial charge in [-0.3, -0.25) is 14.7 Å². The van der Waals surface area contributed by atoms with Crippen LogP contribution in [-0.2, 0) is 4.79 Å². The number of nitrogen functional groups attached to an aromatic ring is 1. The molecule has 0 aliphatic carbocycles. The van der Waals surface area contributed by atoms with Gasteiger partial charge in [0, 0.05) is 13.0 Å². The van der Waals surface area contributed by atoms with Gasteiger partial charge in [-0.25, -0.2) is 0 Å². The van der Waals surface area contributed by atoms with Crippen molar-refractivity contribution in [2.45, 2.75) is 19.3 Å². The van der Waals surface area contributed by atoms with E-state index < -0.39 is 0 Å². The van der Waals surface area contributed by atoms with Crippen molar-refractivity contribution in [3.05, 3.63) is 11.8 Å². The Hall–Kier alpha value is -2.05. The molecular formula is C9H15N5O2. The third-order valence-corrected chi connectivity index (χ3v) is 2.05. The summed E-state index contributed by atoms with van der Waals surface area (Å²) < 4.78 is 0. The molecule has 0 bridgehead atoms. The molecule has 0 saturated carbocycles. The van der Waals surface area contributed by atoms with Gasteiger partial charge in [0.1, 0.15) is 11.4 Å². The average molecular weight is 225 g/mol. The van der Waals surface area contributed by atoms with Gasteiger partial charge in [0.15, 0.2) is 0 Å². The molecular weight excluding hydrogens is 210 g/mol. The Balaban J connectivity index is 2.21. The van der Waals surface area contributed by atoms with Crippen LogP contribution >= 0.6 is 0 Å². The van der Waals surface area contributed by atoms with Crippen LogP contribution in [0.15, 0.2) is 6.20 Å². The van der Waals surface area contributed by atoms with E-state index in [9.17, 15) is 9.59 Å². The molecule has 16 heavy (non-hydrogen) atoms. The zero-order chi connectivity index (χ0) is 12.0. The normalized spacial score (nSPS) is 10.0. The van der Waals surface area contributed by atoms with Crippen LogP contribution in [0.3, 0.4) is 0 Å². The van der Waals surface area contributed by atoms with Crippen LogP contribution in [0, 0.1) is 0 Å². The fraction of sp³-hybridized carbons (Fsp3) is 0.444. The molecule has 1 aromatic rings. The third-order valence-electron chi connectivity index (χ3n) is 2.05. The molecule has 7 nitrogen and oxygen atoms in total. The topological polar surface area (TPSA) is 127 Å². The Kier molecular flexibility index (Phi) is 4.31. The van der Waals surface area contributed by atoms with Gasteiger partial charge in [-0.1, -0.05) is 0 Å². The van der Waals surface area contributed by atoms with Crippen molar-refractivity contribution in [3.63, 3.8) is 0 Å². The summed E-state index contributed by atoms with van der Waals surface area (Å²) in [6.07, 6.45) is 3.07. The number of amides is 2. The summed E-state index contributed by atoms with van der Waals surface area (Å²) in [5.41, 5.74) is 10.8. The van der Waals surface area contributed by atoms with Crippen molar-refractivity contribution in [2.24, 2.45) is 5.73 Å². The summed E-state index contributed by atoms with van der Waals surface area (Å²) in [6, 6.07) is 0. The number of hydrogen-bond donors (Lipinski definition) is 4. The van der Waals surface area contributed by atoms with Crippen LogP contribution in [0.5, 0.6) is 0 Å². The molecule has 2 amide bonds. The summed E-state index contributed by atoms with van der Waals surface area (Å²) >= 11 is 0. The molecule has 1 aromatic heterocycles. The molecule has 88 valence electrons. The number of nitrogens with two attached hydrogens (primary N) is 2. The average Bonchev–Trinajstić information content (AvgIpc) is 2.63. The highest BCUT2D eigenvalue weighted by Gasteiger charge is 2.10. The van der Waals surface area contributed by atoms with E-state index in [1.54, 1.807) is 0 Å². The molecule has 0 atom stereocenters. The van der Waals surface area contributed by atoms with Crippen molar-refractivity contribution < 1.29 is 9.59 Å². The molecule has 0 aliphatic rings. The first-order valence-corrected chi connectivity index (χ1v) is 4.96. The SMILES string of the molecule is NC(=O)CCCCNC(=O)c1cn[nH]c1N. The number of aromatic amines is 1. The number of rotatable bonds is 6. The van der Waals surface area contributed by atoms with Crippen LogP contribution in [0.4, 0.5) is 5.82 Å². The molecule has 6 N–H and O–H groups in total. The quantitative estimate of drug-likeness (QED) is 0.481. The van der Waals surface area contributed by atoms with E-state index in [0.717, 1.165) is 0 Å². The number of unbranched alkanes of at least 4 members (excludes halogenated alkanes) is 1. The van der Waals surface area contributed by atoms with Gasteiger partial charge in [0.05, 0.1) is 6.20 Å². The number of carbonyl (C=O) groups is 2. The van der Waals surface area contributed by atoms with Gasteiger partial charge in [0.2, 0.25) is 5.91 Å². The standard InChI is InChI=1S/C9H15N5O2/c10-7(15)3-1-2-4-12-9(16)6-5-13-14-8(6)11/h5H,1-4H2,(H2,10,15)(H,12,16)(H3,11,13,14). The number of anilines is 1. The minimum absolute atomic E-state index is 0.245. The summed E-state index contributed by atoms with van der Waals surface area (Å²) in [6.45, 7) is 0.483. The third kappa shape index (κ3) is 3.60. The van der Waals surface area contributed by atoms with E-state index in [4.69, 9.17) is 11.5 Å². The molecule has 0 unspecified atom stereocenters. The van der Waals surface area contributed by atoms with Gasteiger partial charge in [-0.05, 0) is 12.8 Å². The number of aromatic nitrogens is 2. The Morgan fingerprint density at radius 1 is 1.44 bits per heavy atom. The van der Waals surface area contributed by atoms with Crippen LogP contribution in [0.2, 0.25) is 0 Å². The number of carbonyl (C=O) groups excluding carboxylic acids is 2. The number of hydrogen-bond acceptors (Lipinski definition) is 4. The van der Waals surface area contributed by atoms with E-state index in [0.29, 0.717) is 31.4 Å². The van der Waals surface area contributed by atoms with Crippen molar-refractivity contribution in [1.82, 2.24) is 15.5 Å². The predicted octanol–water partition coefficient (Wildman–Crippen LogP) is -0.623. The Bertz CT molecular complexity index is 374. The largest absolute Gasteiger partial charge is 0.383 e. The lowest BCUT2D eigenvalue weighted by atomic mass is 10.2. The molecule has 0 aromatic carbocycles. The number of H-pyrrole nitrogens is 1. The molecule has 1 heterocycles. The maximum absolute atomic E-state index is 11.5. The van der Waals surface area contributed by atoms with E-state index >= 15 is 0 Å². The number of nitrogens with zero attached hydrogens (tertiary/aromatic N) is 1. The number of nitrogens with one attached hydrogen (secondary N) is 2. The Morgan fingerprint density at radius 2 is 2.19 bits per heavy atom. The maximum Gasteiger partial charge on any atom is 0.256 e. The molecule has 7 heteroatoms. The van der Waals surface area contributed by atoms with Crippen molar-refractivity contribution in [1.29, 1.82) is 0 Å². The fourth-order valence-corrected chi connectivity index (χ4v) is 1.20. The Labute approximate surface area is 92.6 Å². The van der Waals surface area contributed by atoms with Gasteiger partial charge in [-0.2, -0.15) is 5.10 Å². The minimum atomic E-state index is -0.328. The first-order valence-electron chi connectivity index (χ1n) is 4.96. The van der Waals surface area contributed by atoms with E-state index in [1.165, 1.54) is 6.20 Å². The minimum Gasteiger partial charge on any atom is -0.383 e. The highest BCUT2D eigenvalue weighted by molar-refractivity contribution is 5.98. The fourth-order valence-electron chi connectivity index (χ4n) is 1.20. The summed E-state index contributed by atoms with van der Waals surface area (Å²) in [5, 5.41) is 8.78. The molecule has 0 fully saturated rings. The molecule has 1 rings (SSSR count). The van der Waals surface area contributed by atoms with E-state index in [2.05, 4.69) is 15.5 Å². The Morgan fingerprint density at radius 3 is 2.75 bits per heavy atom. The second-order valence-electron chi connectivity index (χ2n) is 3.38. The van der Waals surface area contributed by atoms with Crippen molar-refractivity contribution in [2.75, 3.05) is 12.3 Å². The van der Waals surface area contributed by atoms with Gasteiger partial charge in [-0.15, -0.1) is 0 Å². The molecule has 0 saturated heterocycles. The van der Waals surface area contributed by atoms with E-state index in [1.807, 2.05) is 0 Å². The highest BCUT2D eigenvalue weighted by Crippen LogP contribution is 2.05. The first kappa shape index (κ1) is 12.0. The second kappa shape index (κ2) is 5.74. The molecule has 0 radical (unpaired) electrons. The lowest BCUT2D eigenvalue weighted by Crippen LogP contribution is -2.25. The monoisotopic (exact) mass is 225 g/mol. The van der Waals surface area contributed by atoms with Gasteiger partial charge >= 0.3 is 0 Å². The summed E-state index contributed by atoms with van der Waals surface area (Å²) in [5.74, 6) is -0.356. The van der Waals surface area contributed by atoms with Crippen LogP contribution < -0.4 is 16.8 Å². The second-order valence-corrected chi connectivity index (χ2v) is 3.38. The predicted molar refractivity (Wildman–Crippen MR) is 58.4 cm³/mol. The van der Waals surface area contributed by atoms with Crippen LogP contribution in [0.25, 0.3) is 0 Å².